The van der Waals surface area contributed by atoms with E-state index in [9.17, 15) is 9.50 Å². The van der Waals surface area contributed by atoms with E-state index >= 15 is 0 Å². The first-order valence-corrected chi connectivity index (χ1v) is 5.45. The Kier molecular flexibility index (Phi) is 3.92. The summed E-state index contributed by atoms with van der Waals surface area (Å²) in [6, 6.07) is 6.28. The Hall–Kier alpha value is -1.09. The van der Waals surface area contributed by atoms with Crippen molar-refractivity contribution in [2.45, 2.75) is 26.9 Å². The topological polar surface area (TPSA) is 23.5 Å². The molecule has 3 heteroatoms. The number of halogens is 1. The normalized spacial score (nSPS) is 13.6. The third-order valence-electron chi connectivity index (χ3n) is 2.71. The minimum atomic E-state index is -0.414. The van der Waals surface area contributed by atoms with Gasteiger partial charge in [-0.1, -0.05) is 20.8 Å². The maximum atomic E-state index is 12.7. The molecule has 0 heterocycles. The lowest BCUT2D eigenvalue weighted by Crippen LogP contribution is -2.37. The van der Waals surface area contributed by atoms with E-state index in [1.807, 2.05) is 32.7 Å². The fourth-order valence-corrected chi connectivity index (χ4v) is 1.33. The van der Waals surface area contributed by atoms with Crippen molar-refractivity contribution in [3.05, 3.63) is 30.1 Å². The Balaban J connectivity index is 2.65. The van der Waals surface area contributed by atoms with Gasteiger partial charge in [-0.3, -0.25) is 0 Å². The molecule has 0 saturated carbocycles. The van der Waals surface area contributed by atoms with Crippen LogP contribution in [0.4, 0.5) is 10.1 Å². The zero-order valence-corrected chi connectivity index (χ0v) is 10.4. The lowest BCUT2D eigenvalue weighted by atomic mass is 9.89. The van der Waals surface area contributed by atoms with E-state index in [0.29, 0.717) is 6.54 Å². The number of rotatable bonds is 3. The predicted octanol–water partition coefficient (Wildman–Crippen LogP) is 2.67. The first-order chi connectivity index (χ1) is 7.30. The van der Waals surface area contributed by atoms with E-state index < -0.39 is 6.10 Å². The van der Waals surface area contributed by atoms with Gasteiger partial charge >= 0.3 is 0 Å². The van der Waals surface area contributed by atoms with E-state index in [1.54, 1.807) is 12.1 Å². The molecule has 16 heavy (non-hydrogen) atoms. The average Bonchev–Trinajstić information content (AvgIpc) is 2.17. The molecule has 1 rings (SSSR count). The number of benzene rings is 1. The Morgan fingerprint density at radius 1 is 1.25 bits per heavy atom. The molecular weight excluding hydrogens is 205 g/mol. The first-order valence-electron chi connectivity index (χ1n) is 5.45. The van der Waals surface area contributed by atoms with Crippen LogP contribution in [0.25, 0.3) is 0 Å². The molecule has 0 amide bonds. The molecule has 0 aliphatic carbocycles. The molecule has 1 aromatic carbocycles. The third kappa shape index (κ3) is 3.49. The van der Waals surface area contributed by atoms with Crippen LogP contribution >= 0.6 is 0 Å². The van der Waals surface area contributed by atoms with Gasteiger partial charge in [0.1, 0.15) is 5.82 Å². The van der Waals surface area contributed by atoms with Crippen molar-refractivity contribution < 1.29 is 9.50 Å². The molecule has 0 bridgehead atoms. The number of anilines is 1. The Labute approximate surface area is 96.7 Å². The van der Waals surface area contributed by atoms with E-state index in [2.05, 4.69) is 0 Å². The minimum Gasteiger partial charge on any atom is -0.391 e. The van der Waals surface area contributed by atoms with Crippen LogP contribution in [0.5, 0.6) is 0 Å². The van der Waals surface area contributed by atoms with Gasteiger partial charge in [0.15, 0.2) is 0 Å². The highest BCUT2D eigenvalue weighted by atomic mass is 19.1. The van der Waals surface area contributed by atoms with Crippen LogP contribution < -0.4 is 4.90 Å². The molecule has 0 radical (unpaired) electrons. The fraction of sp³-hybridized carbons (Fsp3) is 0.538. The number of hydrogen-bond acceptors (Lipinski definition) is 2. The van der Waals surface area contributed by atoms with Crippen LogP contribution in [-0.2, 0) is 0 Å². The summed E-state index contributed by atoms with van der Waals surface area (Å²) >= 11 is 0. The number of likely N-dealkylation sites (N-methyl/N-ethyl adjacent to an activating group) is 1. The molecule has 2 nitrogen and oxygen atoms in total. The van der Waals surface area contributed by atoms with Crippen molar-refractivity contribution in [1.29, 1.82) is 0 Å². The maximum Gasteiger partial charge on any atom is 0.123 e. The second-order valence-corrected chi connectivity index (χ2v) is 5.24. The molecular formula is C13H20FNO. The summed E-state index contributed by atoms with van der Waals surface area (Å²) in [6.07, 6.45) is -0.414. The maximum absolute atomic E-state index is 12.7. The fourth-order valence-electron chi connectivity index (χ4n) is 1.33. The summed E-state index contributed by atoms with van der Waals surface area (Å²) in [4.78, 5) is 1.93. The molecule has 1 N–H and O–H groups in total. The van der Waals surface area contributed by atoms with E-state index in [0.717, 1.165) is 5.69 Å². The number of nitrogens with zero attached hydrogens (tertiary/aromatic N) is 1. The lowest BCUT2D eigenvalue weighted by molar-refractivity contribution is 0.0699. The van der Waals surface area contributed by atoms with E-state index in [1.165, 1.54) is 12.1 Å². The highest BCUT2D eigenvalue weighted by Crippen LogP contribution is 2.21. The molecule has 1 aromatic rings. The first kappa shape index (κ1) is 13.0. The number of aliphatic hydroxyl groups excluding tert-OH is 1. The van der Waals surface area contributed by atoms with Gasteiger partial charge in [-0.15, -0.1) is 0 Å². The zero-order chi connectivity index (χ0) is 12.3. The molecule has 0 aliphatic rings. The zero-order valence-electron chi connectivity index (χ0n) is 10.4. The van der Waals surface area contributed by atoms with E-state index in [-0.39, 0.29) is 11.2 Å². The van der Waals surface area contributed by atoms with Gasteiger partial charge in [0, 0.05) is 19.3 Å². The predicted molar refractivity (Wildman–Crippen MR) is 65.1 cm³/mol. The quantitative estimate of drug-likeness (QED) is 0.855. The SMILES string of the molecule is CN(CC(O)C(C)(C)C)c1ccc(F)cc1. The van der Waals surface area contributed by atoms with Crippen LogP contribution in [0.3, 0.4) is 0 Å². The highest BCUT2D eigenvalue weighted by molar-refractivity contribution is 5.45. The molecule has 1 atom stereocenters. The summed E-state index contributed by atoms with van der Waals surface area (Å²) in [7, 11) is 1.89. The van der Waals surface area contributed by atoms with Crippen molar-refractivity contribution in [2.75, 3.05) is 18.5 Å². The lowest BCUT2D eigenvalue weighted by Gasteiger charge is -2.30. The van der Waals surface area contributed by atoms with Crippen molar-refractivity contribution in [3.63, 3.8) is 0 Å². The number of hydrogen-bond donors (Lipinski definition) is 1. The Morgan fingerprint density at radius 2 is 1.75 bits per heavy atom. The smallest absolute Gasteiger partial charge is 0.123 e. The summed E-state index contributed by atoms with van der Waals surface area (Å²) in [6.45, 7) is 6.53. The van der Waals surface area contributed by atoms with Crippen LogP contribution in [0.2, 0.25) is 0 Å². The standard InChI is InChI=1S/C13H20FNO/c1-13(2,3)12(16)9-15(4)11-7-5-10(14)6-8-11/h5-8,12,16H,9H2,1-4H3. The van der Waals surface area contributed by atoms with Gasteiger partial charge in [0.25, 0.3) is 0 Å². The van der Waals surface area contributed by atoms with Crippen LogP contribution in [0.1, 0.15) is 20.8 Å². The van der Waals surface area contributed by atoms with Crippen LogP contribution in [-0.4, -0.2) is 24.8 Å². The number of aliphatic hydroxyl groups is 1. The van der Waals surface area contributed by atoms with E-state index in [4.69, 9.17) is 0 Å². The molecule has 0 spiro atoms. The summed E-state index contributed by atoms with van der Waals surface area (Å²) < 4.78 is 12.7. The highest BCUT2D eigenvalue weighted by Gasteiger charge is 2.23. The van der Waals surface area contributed by atoms with Gasteiger partial charge in [-0.05, 0) is 29.7 Å². The molecule has 0 saturated heterocycles. The second kappa shape index (κ2) is 4.83. The second-order valence-electron chi connectivity index (χ2n) is 5.24. The Morgan fingerprint density at radius 3 is 2.19 bits per heavy atom. The molecule has 1 unspecified atom stereocenters. The molecule has 0 fully saturated rings. The van der Waals surface area contributed by atoms with Gasteiger partial charge in [-0.25, -0.2) is 4.39 Å². The summed E-state index contributed by atoms with van der Waals surface area (Å²) in [5.41, 5.74) is 0.763. The third-order valence-corrected chi connectivity index (χ3v) is 2.71. The Bertz CT molecular complexity index is 329. The van der Waals surface area contributed by atoms with Crippen molar-refractivity contribution in [2.24, 2.45) is 5.41 Å². The monoisotopic (exact) mass is 225 g/mol. The van der Waals surface area contributed by atoms with Gasteiger partial charge in [0.2, 0.25) is 0 Å². The van der Waals surface area contributed by atoms with Crippen LogP contribution in [0.15, 0.2) is 24.3 Å². The molecule has 0 aromatic heterocycles. The van der Waals surface area contributed by atoms with Crippen molar-refractivity contribution >= 4 is 5.69 Å². The average molecular weight is 225 g/mol. The molecule has 90 valence electrons. The largest absolute Gasteiger partial charge is 0.391 e. The van der Waals surface area contributed by atoms with Crippen molar-refractivity contribution in [1.82, 2.24) is 0 Å². The van der Waals surface area contributed by atoms with Gasteiger partial charge in [-0.2, -0.15) is 0 Å². The minimum absolute atomic E-state index is 0.145. The summed E-state index contributed by atoms with van der Waals surface area (Å²) in [5, 5.41) is 9.96. The van der Waals surface area contributed by atoms with Gasteiger partial charge < -0.3 is 10.0 Å². The summed E-state index contributed by atoms with van der Waals surface area (Å²) in [5.74, 6) is -0.242. The van der Waals surface area contributed by atoms with Gasteiger partial charge in [0.05, 0.1) is 6.10 Å². The molecule has 0 aliphatic heterocycles. The van der Waals surface area contributed by atoms with Crippen molar-refractivity contribution in [3.8, 4) is 0 Å². The van der Waals surface area contributed by atoms with Crippen LogP contribution in [0, 0.1) is 11.2 Å².